The maximum absolute atomic E-state index is 12.4. The highest BCUT2D eigenvalue weighted by atomic mass is 16.1. The van der Waals surface area contributed by atoms with Crippen molar-refractivity contribution in [2.45, 2.75) is 33.7 Å². The molecule has 24 heavy (non-hydrogen) atoms. The van der Waals surface area contributed by atoms with E-state index in [2.05, 4.69) is 46.6 Å². The smallest absolute Gasteiger partial charge is 0.252 e. The number of nitrogens with zero attached hydrogens (tertiary/aromatic N) is 3. The van der Waals surface area contributed by atoms with Crippen LogP contribution in [0.5, 0.6) is 0 Å². The molecule has 0 radical (unpaired) electrons. The van der Waals surface area contributed by atoms with E-state index in [-0.39, 0.29) is 5.91 Å². The number of benzene rings is 1. The third-order valence-electron chi connectivity index (χ3n) is 3.97. The molecule has 2 aromatic heterocycles. The van der Waals surface area contributed by atoms with E-state index in [1.807, 2.05) is 24.6 Å². The lowest BCUT2D eigenvalue weighted by atomic mass is 10.1. The molecule has 5 nitrogen and oxygen atoms in total. The van der Waals surface area contributed by atoms with E-state index in [0.717, 1.165) is 28.7 Å². The number of aryl methyl sites for hydroxylation is 2. The van der Waals surface area contributed by atoms with Gasteiger partial charge in [-0.1, -0.05) is 36.8 Å². The molecule has 0 saturated heterocycles. The molecule has 0 atom stereocenters. The predicted octanol–water partition coefficient (Wildman–Crippen LogP) is 3.24. The van der Waals surface area contributed by atoms with Crippen molar-refractivity contribution in [3.05, 3.63) is 58.9 Å². The SMILES string of the molecule is CCCNC(=O)c1cc(C)nc2c1cnn2Cc1ccc(C)cc1. The molecule has 3 rings (SSSR count). The second-order valence-electron chi connectivity index (χ2n) is 6.09. The fourth-order valence-electron chi connectivity index (χ4n) is 2.68. The number of rotatable bonds is 5. The van der Waals surface area contributed by atoms with Crippen molar-refractivity contribution >= 4 is 16.9 Å². The fraction of sp³-hybridized carbons (Fsp3) is 0.316. The summed E-state index contributed by atoms with van der Waals surface area (Å²) < 4.78 is 1.85. The van der Waals surface area contributed by atoms with Crippen molar-refractivity contribution < 1.29 is 4.79 Å². The first kappa shape index (κ1) is 16.2. The standard InChI is InChI=1S/C19H22N4O/c1-4-9-20-19(24)16-10-14(3)22-18-17(16)11-21-23(18)12-15-7-5-13(2)6-8-15/h5-8,10-11H,4,9,12H2,1-3H3,(H,20,24). The van der Waals surface area contributed by atoms with E-state index >= 15 is 0 Å². The van der Waals surface area contributed by atoms with Crippen LogP contribution in [0, 0.1) is 13.8 Å². The van der Waals surface area contributed by atoms with Crippen LogP contribution in [-0.2, 0) is 6.54 Å². The highest BCUT2D eigenvalue weighted by Gasteiger charge is 2.15. The lowest BCUT2D eigenvalue weighted by Gasteiger charge is -2.08. The summed E-state index contributed by atoms with van der Waals surface area (Å²) in [7, 11) is 0. The van der Waals surface area contributed by atoms with Gasteiger partial charge >= 0.3 is 0 Å². The zero-order valence-corrected chi connectivity index (χ0v) is 14.3. The zero-order chi connectivity index (χ0) is 17.1. The van der Waals surface area contributed by atoms with Crippen molar-refractivity contribution in [2.24, 2.45) is 0 Å². The number of hydrogen-bond acceptors (Lipinski definition) is 3. The van der Waals surface area contributed by atoms with Gasteiger partial charge in [0.15, 0.2) is 5.65 Å². The molecule has 1 N–H and O–H groups in total. The Hall–Kier alpha value is -2.69. The number of pyridine rings is 1. The van der Waals surface area contributed by atoms with Crippen LogP contribution in [0.15, 0.2) is 36.5 Å². The normalized spacial score (nSPS) is 11.0. The Bertz CT molecular complexity index is 865. The van der Waals surface area contributed by atoms with Gasteiger partial charge in [-0.15, -0.1) is 0 Å². The summed E-state index contributed by atoms with van der Waals surface area (Å²) in [6.45, 7) is 7.31. The summed E-state index contributed by atoms with van der Waals surface area (Å²) in [5.74, 6) is -0.0674. The molecule has 3 aromatic rings. The van der Waals surface area contributed by atoms with Crippen LogP contribution < -0.4 is 5.32 Å². The van der Waals surface area contributed by atoms with Crippen LogP contribution in [0.25, 0.3) is 11.0 Å². The largest absolute Gasteiger partial charge is 0.352 e. The average Bonchev–Trinajstić information content (AvgIpc) is 2.96. The first-order chi connectivity index (χ1) is 11.6. The summed E-state index contributed by atoms with van der Waals surface area (Å²) in [6.07, 6.45) is 2.64. The van der Waals surface area contributed by atoms with E-state index in [0.29, 0.717) is 18.7 Å². The summed E-state index contributed by atoms with van der Waals surface area (Å²) >= 11 is 0. The van der Waals surface area contributed by atoms with Gasteiger partial charge in [-0.25, -0.2) is 9.67 Å². The Kier molecular flexibility index (Phi) is 4.60. The molecule has 0 unspecified atom stereocenters. The van der Waals surface area contributed by atoms with Crippen LogP contribution in [-0.4, -0.2) is 27.2 Å². The van der Waals surface area contributed by atoms with E-state index in [4.69, 9.17) is 0 Å². The minimum Gasteiger partial charge on any atom is -0.352 e. The zero-order valence-electron chi connectivity index (χ0n) is 14.3. The van der Waals surface area contributed by atoms with Crippen LogP contribution in [0.2, 0.25) is 0 Å². The Morgan fingerprint density at radius 1 is 1.21 bits per heavy atom. The molecule has 0 aliphatic carbocycles. The van der Waals surface area contributed by atoms with Gasteiger partial charge in [0.2, 0.25) is 0 Å². The molecule has 1 aromatic carbocycles. The maximum Gasteiger partial charge on any atom is 0.252 e. The monoisotopic (exact) mass is 322 g/mol. The topological polar surface area (TPSA) is 59.8 Å². The Labute approximate surface area is 141 Å². The molecule has 2 heterocycles. The number of aromatic nitrogens is 3. The molecule has 0 fully saturated rings. The first-order valence-electron chi connectivity index (χ1n) is 8.25. The molecule has 5 heteroatoms. The van der Waals surface area contributed by atoms with Gasteiger partial charge in [0.05, 0.1) is 23.7 Å². The lowest BCUT2D eigenvalue weighted by Crippen LogP contribution is -2.24. The molecular weight excluding hydrogens is 300 g/mol. The van der Waals surface area contributed by atoms with Crippen molar-refractivity contribution in [1.29, 1.82) is 0 Å². The quantitative estimate of drug-likeness (QED) is 0.784. The minimum atomic E-state index is -0.0674. The van der Waals surface area contributed by atoms with Gasteiger partial charge in [-0.05, 0) is 31.9 Å². The Balaban J connectivity index is 1.98. The maximum atomic E-state index is 12.4. The molecule has 1 amide bonds. The second kappa shape index (κ2) is 6.83. The molecular formula is C19H22N4O. The van der Waals surface area contributed by atoms with Gasteiger partial charge in [0.1, 0.15) is 0 Å². The molecule has 0 spiro atoms. The third-order valence-corrected chi connectivity index (χ3v) is 3.97. The number of hydrogen-bond donors (Lipinski definition) is 1. The molecule has 0 saturated carbocycles. The van der Waals surface area contributed by atoms with Crippen molar-refractivity contribution in [3.8, 4) is 0 Å². The fourth-order valence-corrected chi connectivity index (χ4v) is 2.68. The molecule has 124 valence electrons. The van der Waals surface area contributed by atoms with Gasteiger partial charge in [0, 0.05) is 12.2 Å². The van der Waals surface area contributed by atoms with Crippen LogP contribution in [0.4, 0.5) is 0 Å². The number of carbonyl (C=O) groups excluding carboxylic acids is 1. The minimum absolute atomic E-state index is 0.0674. The van der Waals surface area contributed by atoms with Crippen molar-refractivity contribution in [1.82, 2.24) is 20.1 Å². The number of carbonyl (C=O) groups is 1. The number of fused-ring (bicyclic) bond motifs is 1. The van der Waals surface area contributed by atoms with Gasteiger partial charge < -0.3 is 5.32 Å². The van der Waals surface area contributed by atoms with Crippen molar-refractivity contribution in [2.75, 3.05) is 6.54 Å². The summed E-state index contributed by atoms with van der Waals surface area (Å²) in [6, 6.07) is 10.2. The Morgan fingerprint density at radius 2 is 1.96 bits per heavy atom. The predicted molar refractivity (Wildman–Crippen MR) is 95.2 cm³/mol. The van der Waals surface area contributed by atoms with Crippen LogP contribution >= 0.6 is 0 Å². The van der Waals surface area contributed by atoms with Crippen LogP contribution in [0.3, 0.4) is 0 Å². The summed E-state index contributed by atoms with van der Waals surface area (Å²) in [5, 5.41) is 8.17. The number of nitrogens with one attached hydrogen (secondary N) is 1. The van der Waals surface area contributed by atoms with Crippen LogP contribution in [0.1, 0.15) is 40.5 Å². The highest BCUT2D eigenvalue weighted by molar-refractivity contribution is 6.05. The van der Waals surface area contributed by atoms with E-state index < -0.39 is 0 Å². The molecule has 0 aliphatic heterocycles. The van der Waals surface area contributed by atoms with Gasteiger partial charge in [0.25, 0.3) is 5.91 Å². The highest BCUT2D eigenvalue weighted by Crippen LogP contribution is 2.19. The summed E-state index contributed by atoms with van der Waals surface area (Å²) in [4.78, 5) is 17.0. The Morgan fingerprint density at radius 3 is 2.67 bits per heavy atom. The van der Waals surface area contributed by atoms with E-state index in [9.17, 15) is 4.79 Å². The molecule has 0 aliphatic rings. The first-order valence-corrected chi connectivity index (χ1v) is 8.25. The van der Waals surface area contributed by atoms with Gasteiger partial charge in [-0.2, -0.15) is 5.10 Å². The lowest BCUT2D eigenvalue weighted by molar-refractivity contribution is 0.0955. The summed E-state index contributed by atoms with van der Waals surface area (Å²) in [5.41, 5.74) is 4.59. The number of amides is 1. The average molecular weight is 322 g/mol. The van der Waals surface area contributed by atoms with E-state index in [1.54, 1.807) is 6.20 Å². The van der Waals surface area contributed by atoms with Gasteiger partial charge in [-0.3, -0.25) is 4.79 Å². The second-order valence-corrected chi connectivity index (χ2v) is 6.09. The van der Waals surface area contributed by atoms with Crippen molar-refractivity contribution in [3.63, 3.8) is 0 Å². The third kappa shape index (κ3) is 3.30. The van der Waals surface area contributed by atoms with E-state index in [1.165, 1.54) is 5.56 Å². The molecule has 0 bridgehead atoms.